The maximum atomic E-state index is 12.2. The Bertz CT molecular complexity index is 253. The van der Waals surface area contributed by atoms with Crippen LogP contribution in [0.2, 0.25) is 0 Å². The van der Waals surface area contributed by atoms with Gasteiger partial charge in [0.25, 0.3) is 0 Å². The van der Waals surface area contributed by atoms with E-state index in [-0.39, 0.29) is 6.03 Å². The molecule has 2 amide bonds. The standard InChI is InChI=1S/C13H22N2O/c1-4-8-14(9-5-2)13(16)15-10-6-7-12(3)11-15/h4-5,12H,1-2,6-11H2,3H3. The molecule has 0 aromatic carbocycles. The molecule has 16 heavy (non-hydrogen) atoms. The average molecular weight is 222 g/mol. The second-order valence-corrected chi connectivity index (χ2v) is 4.46. The summed E-state index contributed by atoms with van der Waals surface area (Å²) in [6, 6.07) is 0.117. The van der Waals surface area contributed by atoms with Gasteiger partial charge in [-0.2, -0.15) is 0 Å². The van der Waals surface area contributed by atoms with Crippen molar-refractivity contribution in [3.05, 3.63) is 25.3 Å². The third kappa shape index (κ3) is 3.40. The SMILES string of the molecule is C=CCN(CC=C)C(=O)N1CCCC(C)C1. The molecule has 3 heteroatoms. The molecule has 3 nitrogen and oxygen atoms in total. The van der Waals surface area contributed by atoms with Crippen LogP contribution in [0.5, 0.6) is 0 Å². The van der Waals surface area contributed by atoms with Crippen LogP contribution in [0.15, 0.2) is 25.3 Å². The van der Waals surface area contributed by atoms with Crippen molar-refractivity contribution in [1.82, 2.24) is 9.80 Å². The summed E-state index contributed by atoms with van der Waals surface area (Å²) < 4.78 is 0. The maximum Gasteiger partial charge on any atom is 0.320 e. The monoisotopic (exact) mass is 222 g/mol. The Kier molecular flexibility index (Phi) is 5.09. The lowest BCUT2D eigenvalue weighted by molar-refractivity contribution is 0.139. The molecule has 0 spiro atoms. The number of carbonyl (C=O) groups excluding carboxylic acids is 1. The smallest absolute Gasteiger partial charge is 0.320 e. The molecule has 0 aromatic heterocycles. The minimum absolute atomic E-state index is 0.117. The third-order valence-electron chi connectivity index (χ3n) is 2.90. The van der Waals surface area contributed by atoms with E-state index < -0.39 is 0 Å². The van der Waals surface area contributed by atoms with Gasteiger partial charge in [0.15, 0.2) is 0 Å². The first-order valence-corrected chi connectivity index (χ1v) is 5.94. The number of piperidine rings is 1. The van der Waals surface area contributed by atoms with Crippen molar-refractivity contribution in [3.8, 4) is 0 Å². The molecular formula is C13H22N2O. The van der Waals surface area contributed by atoms with E-state index >= 15 is 0 Å². The van der Waals surface area contributed by atoms with Gasteiger partial charge in [0, 0.05) is 26.2 Å². The predicted octanol–water partition coefficient (Wildman–Crippen LogP) is 2.51. The summed E-state index contributed by atoms with van der Waals surface area (Å²) >= 11 is 0. The van der Waals surface area contributed by atoms with E-state index in [1.807, 2.05) is 4.90 Å². The molecule has 0 N–H and O–H groups in total. The molecule has 1 unspecified atom stereocenters. The zero-order chi connectivity index (χ0) is 12.0. The van der Waals surface area contributed by atoms with E-state index in [0.29, 0.717) is 19.0 Å². The zero-order valence-corrected chi connectivity index (χ0v) is 10.2. The van der Waals surface area contributed by atoms with Crippen molar-refractivity contribution in [1.29, 1.82) is 0 Å². The fourth-order valence-electron chi connectivity index (χ4n) is 2.11. The van der Waals surface area contributed by atoms with Crippen molar-refractivity contribution in [3.63, 3.8) is 0 Å². The van der Waals surface area contributed by atoms with E-state index in [4.69, 9.17) is 0 Å². The largest absolute Gasteiger partial charge is 0.324 e. The molecule has 1 fully saturated rings. The van der Waals surface area contributed by atoms with Gasteiger partial charge in [-0.3, -0.25) is 0 Å². The highest BCUT2D eigenvalue weighted by molar-refractivity contribution is 5.75. The highest BCUT2D eigenvalue weighted by Crippen LogP contribution is 2.16. The number of hydrogen-bond acceptors (Lipinski definition) is 1. The van der Waals surface area contributed by atoms with Gasteiger partial charge in [-0.05, 0) is 18.8 Å². The third-order valence-corrected chi connectivity index (χ3v) is 2.90. The Morgan fingerprint density at radius 3 is 2.56 bits per heavy atom. The average Bonchev–Trinajstić information content (AvgIpc) is 2.28. The van der Waals surface area contributed by atoms with Crippen LogP contribution in [0.4, 0.5) is 4.79 Å². The second-order valence-electron chi connectivity index (χ2n) is 4.46. The molecule has 90 valence electrons. The predicted molar refractivity (Wildman–Crippen MR) is 67.3 cm³/mol. The molecular weight excluding hydrogens is 200 g/mol. The number of hydrogen-bond donors (Lipinski definition) is 0. The lowest BCUT2D eigenvalue weighted by atomic mass is 10.0. The molecule has 1 heterocycles. The van der Waals surface area contributed by atoms with Crippen molar-refractivity contribution < 1.29 is 4.79 Å². The van der Waals surface area contributed by atoms with Gasteiger partial charge in [0.2, 0.25) is 0 Å². The first-order valence-electron chi connectivity index (χ1n) is 5.94. The van der Waals surface area contributed by atoms with Crippen molar-refractivity contribution in [2.75, 3.05) is 26.2 Å². The molecule has 1 saturated heterocycles. The Hall–Kier alpha value is -1.25. The number of likely N-dealkylation sites (tertiary alicyclic amines) is 1. The number of urea groups is 1. The van der Waals surface area contributed by atoms with Crippen LogP contribution in [-0.2, 0) is 0 Å². The van der Waals surface area contributed by atoms with E-state index in [1.165, 1.54) is 6.42 Å². The lowest BCUT2D eigenvalue weighted by Crippen LogP contribution is -2.47. The number of nitrogens with zero attached hydrogens (tertiary/aromatic N) is 2. The van der Waals surface area contributed by atoms with Gasteiger partial charge in [-0.1, -0.05) is 19.1 Å². The van der Waals surface area contributed by atoms with E-state index in [0.717, 1.165) is 19.5 Å². The molecule has 0 bridgehead atoms. The molecule has 1 rings (SSSR count). The molecule has 0 aliphatic carbocycles. The Morgan fingerprint density at radius 1 is 1.44 bits per heavy atom. The molecule has 0 saturated carbocycles. The summed E-state index contributed by atoms with van der Waals surface area (Å²) in [6.45, 7) is 12.5. The maximum absolute atomic E-state index is 12.2. The van der Waals surface area contributed by atoms with Crippen LogP contribution in [0.1, 0.15) is 19.8 Å². The lowest BCUT2D eigenvalue weighted by Gasteiger charge is -2.34. The van der Waals surface area contributed by atoms with E-state index in [2.05, 4.69) is 20.1 Å². The van der Waals surface area contributed by atoms with E-state index in [1.54, 1.807) is 17.1 Å². The van der Waals surface area contributed by atoms with Gasteiger partial charge < -0.3 is 9.80 Å². The zero-order valence-electron chi connectivity index (χ0n) is 10.2. The van der Waals surface area contributed by atoms with Crippen LogP contribution in [-0.4, -0.2) is 42.0 Å². The summed E-state index contributed by atoms with van der Waals surface area (Å²) in [7, 11) is 0. The number of rotatable bonds is 4. The summed E-state index contributed by atoms with van der Waals surface area (Å²) in [5.41, 5.74) is 0. The first-order chi connectivity index (χ1) is 7.69. The van der Waals surface area contributed by atoms with Crippen LogP contribution in [0.3, 0.4) is 0 Å². The number of carbonyl (C=O) groups is 1. The summed E-state index contributed by atoms with van der Waals surface area (Å²) in [4.78, 5) is 15.9. The fraction of sp³-hybridized carbons (Fsp3) is 0.615. The van der Waals surface area contributed by atoms with Gasteiger partial charge in [0.05, 0.1) is 0 Å². The van der Waals surface area contributed by atoms with Crippen molar-refractivity contribution in [2.24, 2.45) is 5.92 Å². The van der Waals surface area contributed by atoms with E-state index in [9.17, 15) is 4.79 Å². The highest BCUT2D eigenvalue weighted by atomic mass is 16.2. The van der Waals surface area contributed by atoms with Gasteiger partial charge in [-0.15, -0.1) is 13.2 Å². The van der Waals surface area contributed by atoms with Gasteiger partial charge in [-0.25, -0.2) is 4.79 Å². The fourth-order valence-corrected chi connectivity index (χ4v) is 2.11. The number of amides is 2. The topological polar surface area (TPSA) is 23.6 Å². The van der Waals surface area contributed by atoms with Crippen molar-refractivity contribution >= 4 is 6.03 Å². The Labute approximate surface area is 98.4 Å². The molecule has 1 aliphatic rings. The molecule has 1 aliphatic heterocycles. The quantitative estimate of drug-likeness (QED) is 0.670. The molecule has 0 radical (unpaired) electrons. The van der Waals surface area contributed by atoms with Crippen LogP contribution in [0, 0.1) is 5.92 Å². The molecule has 1 atom stereocenters. The minimum atomic E-state index is 0.117. The van der Waals surface area contributed by atoms with Gasteiger partial charge in [0.1, 0.15) is 0 Å². The first kappa shape index (κ1) is 12.8. The molecule has 0 aromatic rings. The summed E-state index contributed by atoms with van der Waals surface area (Å²) in [5.74, 6) is 0.618. The summed E-state index contributed by atoms with van der Waals surface area (Å²) in [6.07, 6.45) is 5.86. The highest BCUT2D eigenvalue weighted by Gasteiger charge is 2.23. The minimum Gasteiger partial charge on any atom is -0.324 e. The van der Waals surface area contributed by atoms with Crippen LogP contribution in [0.25, 0.3) is 0 Å². The van der Waals surface area contributed by atoms with Gasteiger partial charge >= 0.3 is 6.03 Å². The van der Waals surface area contributed by atoms with Crippen LogP contribution < -0.4 is 0 Å². The second kappa shape index (κ2) is 6.36. The van der Waals surface area contributed by atoms with Crippen LogP contribution >= 0.6 is 0 Å². The Balaban J connectivity index is 2.57. The normalized spacial score (nSPS) is 20.3. The van der Waals surface area contributed by atoms with Crippen molar-refractivity contribution in [2.45, 2.75) is 19.8 Å². The summed E-state index contributed by atoms with van der Waals surface area (Å²) in [5, 5.41) is 0. The Morgan fingerprint density at radius 2 is 2.06 bits per heavy atom.